The van der Waals surface area contributed by atoms with Gasteiger partial charge in [-0.05, 0) is 34.8 Å². The molecule has 1 saturated carbocycles. The lowest BCUT2D eigenvalue weighted by Crippen LogP contribution is -2.41. The number of nitrogens with one attached hydrogen (secondary N) is 2. The summed E-state index contributed by atoms with van der Waals surface area (Å²) >= 11 is 5.19. The molecule has 1 amide bonds. The van der Waals surface area contributed by atoms with E-state index in [0.29, 0.717) is 19.1 Å². The predicted octanol–water partition coefficient (Wildman–Crippen LogP) is 2.66. The normalized spacial score (nSPS) is 15.7. The molecule has 0 radical (unpaired) electrons. The Morgan fingerprint density at radius 2 is 2.28 bits per heavy atom. The molecule has 2 rings (SSSR count). The highest BCUT2D eigenvalue weighted by Gasteiger charge is 2.24. The lowest BCUT2D eigenvalue weighted by Gasteiger charge is -2.23. The summed E-state index contributed by atoms with van der Waals surface area (Å²) in [5.74, 6) is 0.0885. The van der Waals surface area contributed by atoms with Gasteiger partial charge in [-0.25, -0.2) is 0 Å². The lowest BCUT2D eigenvalue weighted by atomic mass is 9.91. The molecule has 1 aliphatic rings. The van der Waals surface area contributed by atoms with Gasteiger partial charge in [0, 0.05) is 32.7 Å². The van der Waals surface area contributed by atoms with Crippen molar-refractivity contribution in [2.24, 2.45) is 0 Å². The summed E-state index contributed by atoms with van der Waals surface area (Å²) in [7, 11) is 0. The molecule has 2 N–H and O–H groups in total. The molecule has 0 spiro atoms. The van der Waals surface area contributed by atoms with E-state index in [4.69, 9.17) is 0 Å². The van der Waals surface area contributed by atoms with Gasteiger partial charge in [0.05, 0.1) is 6.54 Å². The SMILES string of the molecule is CC(C)(CNC(=O)CNC1CC1)c1cc(Br)cs1. The third kappa shape index (κ3) is 4.07. The fourth-order valence-electron chi connectivity index (χ4n) is 1.66. The molecule has 3 nitrogen and oxygen atoms in total. The second-order valence-electron chi connectivity index (χ2n) is 5.44. The largest absolute Gasteiger partial charge is 0.354 e. The molecular weight excluding hydrogens is 312 g/mol. The molecule has 1 heterocycles. The third-order valence-electron chi connectivity index (χ3n) is 3.09. The van der Waals surface area contributed by atoms with E-state index in [2.05, 4.69) is 51.9 Å². The fraction of sp³-hybridized carbons (Fsp3) is 0.615. The monoisotopic (exact) mass is 330 g/mol. The van der Waals surface area contributed by atoms with Gasteiger partial charge in [-0.15, -0.1) is 11.3 Å². The van der Waals surface area contributed by atoms with E-state index in [9.17, 15) is 4.79 Å². The number of hydrogen-bond donors (Lipinski definition) is 2. The fourth-order valence-corrected chi connectivity index (χ4v) is 3.22. The Bertz CT molecular complexity index is 426. The summed E-state index contributed by atoms with van der Waals surface area (Å²) in [6.45, 7) is 5.42. The van der Waals surface area contributed by atoms with Crippen LogP contribution in [0.1, 0.15) is 31.6 Å². The highest BCUT2D eigenvalue weighted by molar-refractivity contribution is 9.10. The van der Waals surface area contributed by atoms with Crippen LogP contribution in [0.2, 0.25) is 0 Å². The molecule has 1 aliphatic carbocycles. The quantitative estimate of drug-likeness (QED) is 0.841. The van der Waals surface area contributed by atoms with E-state index in [1.807, 2.05) is 0 Å². The van der Waals surface area contributed by atoms with Crippen LogP contribution in [0.3, 0.4) is 0 Å². The topological polar surface area (TPSA) is 41.1 Å². The molecule has 0 aliphatic heterocycles. The standard InChI is InChI=1S/C13H19BrN2OS/c1-13(2,11-5-9(14)7-18-11)8-16-12(17)6-15-10-3-4-10/h5,7,10,15H,3-4,6,8H2,1-2H3,(H,16,17). The number of rotatable bonds is 6. The van der Waals surface area contributed by atoms with Gasteiger partial charge in [-0.1, -0.05) is 13.8 Å². The van der Waals surface area contributed by atoms with Crippen LogP contribution in [0, 0.1) is 0 Å². The molecule has 1 fully saturated rings. The van der Waals surface area contributed by atoms with Crippen LogP contribution in [0.15, 0.2) is 15.9 Å². The zero-order valence-corrected chi connectivity index (χ0v) is 13.2. The number of amides is 1. The highest BCUT2D eigenvalue weighted by atomic mass is 79.9. The molecule has 0 aromatic carbocycles. The summed E-state index contributed by atoms with van der Waals surface area (Å²) in [5, 5.41) is 8.30. The second kappa shape index (κ2) is 5.72. The molecule has 0 saturated heterocycles. The molecule has 1 aromatic heterocycles. The van der Waals surface area contributed by atoms with Crippen LogP contribution < -0.4 is 10.6 Å². The van der Waals surface area contributed by atoms with Gasteiger partial charge in [0.25, 0.3) is 0 Å². The van der Waals surface area contributed by atoms with Gasteiger partial charge in [-0.2, -0.15) is 0 Å². The van der Waals surface area contributed by atoms with Gasteiger partial charge in [-0.3, -0.25) is 4.79 Å². The van der Waals surface area contributed by atoms with Crippen LogP contribution in [-0.4, -0.2) is 25.0 Å². The van der Waals surface area contributed by atoms with Crippen LogP contribution in [0.25, 0.3) is 0 Å². The van der Waals surface area contributed by atoms with Crippen LogP contribution >= 0.6 is 27.3 Å². The number of carbonyl (C=O) groups is 1. The number of carbonyl (C=O) groups excluding carboxylic acids is 1. The first-order valence-corrected chi connectivity index (χ1v) is 7.89. The van der Waals surface area contributed by atoms with Crippen molar-refractivity contribution < 1.29 is 4.79 Å². The van der Waals surface area contributed by atoms with Crippen molar-refractivity contribution in [1.82, 2.24) is 10.6 Å². The maximum Gasteiger partial charge on any atom is 0.233 e. The Hall–Kier alpha value is -0.390. The smallest absolute Gasteiger partial charge is 0.233 e. The second-order valence-corrected chi connectivity index (χ2v) is 7.27. The van der Waals surface area contributed by atoms with Crippen molar-refractivity contribution in [3.63, 3.8) is 0 Å². The maximum absolute atomic E-state index is 11.7. The Labute approximate surface area is 120 Å². The minimum Gasteiger partial charge on any atom is -0.354 e. The van der Waals surface area contributed by atoms with E-state index >= 15 is 0 Å². The van der Waals surface area contributed by atoms with Gasteiger partial charge in [0.15, 0.2) is 0 Å². The van der Waals surface area contributed by atoms with E-state index in [1.54, 1.807) is 11.3 Å². The summed E-state index contributed by atoms with van der Waals surface area (Å²) < 4.78 is 1.11. The van der Waals surface area contributed by atoms with Crippen LogP contribution in [0.5, 0.6) is 0 Å². The minimum absolute atomic E-state index is 0.0219. The van der Waals surface area contributed by atoms with Gasteiger partial charge in [0.1, 0.15) is 0 Å². The molecule has 0 unspecified atom stereocenters. The first-order chi connectivity index (χ1) is 8.47. The summed E-state index contributed by atoms with van der Waals surface area (Å²) in [5.41, 5.74) is -0.0219. The minimum atomic E-state index is -0.0219. The molecular formula is C13H19BrN2OS. The number of hydrogen-bond acceptors (Lipinski definition) is 3. The average molecular weight is 331 g/mol. The van der Waals surface area contributed by atoms with Crippen molar-refractivity contribution in [3.8, 4) is 0 Å². The van der Waals surface area contributed by atoms with Gasteiger partial charge >= 0.3 is 0 Å². The zero-order valence-electron chi connectivity index (χ0n) is 10.8. The van der Waals surface area contributed by atoms with Crippen molar-refractivity contribution in [1.29, 1.82) is 0 Å². The van der Waals surface area contributed by atoms with Crippen molar-refractivity contribution >= 4 is 33.2 Å². The molecule has 5 heteroatoms. The van der Waals surface area contributed by atoms with E-state index < -0.39 is 0 Å². The Morgan fingerprint density at radius 3 is 2.83 bits per heavy atom. The van der Waals surface area contributed by atoms with Crippen molar-refractivity contribution in [2.75, 3.05) is 13.1 Å². The third-order valence-corrected chi connectivity index (χ3v) is 5.15. The highest BCUT2D eigenvalue weighted by Crippen LogP contribution is 2.30. The Kier molecular flexibility index (Phi) is 4.45. The van der Waals surface area contributed by atoms with Gasteiger partial charge < -0.3 is 10.6 Å². The van der Waals surface area contributed by atoms with E-state index in [-0.39, 0.29) is 11.3 Å². The van der Waals surface area contributed by atoms with Crippen molar-refractivity contribution in [2.45, 2.75) is 38.1 Å². The van der Waals surface area contributed by atoms with Crippen molar-refractivity contribution in [3.05, 3.63) is 20.8 Å². The molecule has 0 atom stereocenters. The average Bonchev–Trinajstić information content (AvgIpc) is 3.04. The molecule has 1 aromatic rings. The molecule has 100 valence electrons. The van der Waals surface area contributed by atoms with Crippen LogP contribution in [-0.2, 0) is 10.2 Å². The first-order valence-electron chi connectivity index (χ1n) is 6.22. The Morgan fingerprint density at radius 1 is 1.56 bits per heavy atom. The number of halogens is 1. The van der Waals surface area contributed by atoms with Gasteiger partial charge in [0.2, 0.25) is 5.91 Å². The maximum atomic E-state index is 11.7. The first kappa shape index (κ1) is 14.0. The van der Waals surface area contributed by atoms with E-state index in [0.717, 1.165) is 4.47 Å². The Balaban J connectivity index is 1.78. The molecule has 18 heavy (non-hydrogen) atoms. The number of thiophene rings is 1. The van der Waals surface area contributed by atoms with Crippen LogP contribution in [0.4, 0.5) is 0 Å². The zero-order chi connectivity index (χ0) is 13.2. The molecule has 0 bridgehead atoms. The predicted molar refractivity (Wildman–Crippen MR) is 79.1 cm³/mol. The summed E-state index contributed by atoms with van der Waals surface area (Å²) in [6, 6.07) is 2.70. The van der Waals surface area contributed by atoms with E-state index in [1.165, 1.54) is 17.7 Å². The summed E-state index contributed by atoms with van der Waals surface area (Å²) in [6.07, 6.45) is 2.42. The summed E-state index contributed by atoms with van der Waals surface area (Å²) in [4.78, 5) is 13.0. The lowest BCUT2D eigenvalue weighted by molar-refractivity contribution is -0.120.